The molecule has 3 aromatic rings. The van der Waals surface area contributed by atoms with Crippen LogP contribution in [0.4, 0.5) is 0 Å². The molecule has 0 unspecified atom stereocenters. The second-order valence-electron chi connectivity index (χ2n) is 6.17. The topological polar surface area (TPSA) is 73.1 Å². The van der Waals surface area contributed by atoms with Crippen LogP contribution < -0.4 is 20.0 Å². The third-order valence-corrected chi connectivity index (χ3v) is 5.76. The van der Waals surface area contributed by atoms with Crippen LogP contribution in [-0.4, -0.2) is 29.8 Å². The van der Waals surface area contributed by atoms with Gasteiger partial charge in [-0.2, -0.15) is 0 Å². The number of benzene rings is 2. The Morgan fingerprint density at radius 1 is 1.10 bits per heavy atom. The Morgan fingerprint density at radius 2 is 1.79 bits per heavy atom. The Balaban J connectivity index is 1.78. The Hall–Kier alpha value is -3.23. The maximum absolute atomic E-state index is 12.5. The molecule has 1 N–H and O–H groups in total. The van der Waals surface area contributed by atoms with Gasteiger partial charge in [-0.1, -0.05) is 0 Å². The molecule has 0 saturated carbocycles. The zero-order valence-corrected chi connectivity index (χ0v) is 17.2. The van der Waals surface area contributed by atoms with Crippen molar-refractivity contribution in [2.45, 2.75) is 0 Å². The van der Waals surface area contributed by atoms with Crippen molar-refractivity contribution in [3.63, 3.8) is 0 Å². The number of fused-ring (bicyclic) bond motifs is 1. The predicted molar refractivity (Wildman–Crippen MR) is 114 cm³/mol. The van der Waals surface area contributed by atoms with Crippen LogP contribution in [0.15, 0.2) is 53.0 Å². The Kier molecular flexibility index (Phi) is 5.04. The van der Waals surface area contributed by atoms with E-state index in [-0.39, 0.29) is 11.8 Å². The fourth-order valence-corrected chi connectivity index (χ4v) is 4.25. The lowest BCUT2D eigenvalue weighted by molar-refractivity contribution is -0.114. The van der Waals surface area contributed by atoms with Crippen molar-refractivity contribution in [3.8, 4) is 23.1 Å². The zero-order chi connectivity index (χ0) is 20.5. The lowest BCUT2D eigenvalue weighted by Gasteiger charge is -2.07. The second kappa shape index (κ2) is 7.65. The van der Waals surface area contributed by atoms with E-state index in [1.807, 2.05) is 6.07 Å². The first-order valence-corrected chi connectivity index (χ1v) is 9.82. The van der Waals surface area contributed by atoms with Crippen molar-refractivity contribution < 1.29 is 19.4 Å². The van der Waals surface area contributed by atoms with Crippen molar-refractivity contribution in [2.75, 3.05) is 14.2 Å². The SMILES string of the molecule is COc1ccc(-n2c(O)c(/C=C3/C=c4ccc(OC)cc4=NC3=O)sc2=S)cc1. The van der Waals surface area contributed by atoms with E-state index in [9.17, 15) is 9.90 Å². The third kappa shape index (κ3) is 3.59. The molecular formula is C21H16N2O4S2. The van der Waals surface area contributed by atoms with E-state index in [1.54, 1.807) is 67.3 Å². The molecule has 29 heavy (non-hydrogen) atoms. The lowest BCUT2D eigenvalue weighted by Crippen LogP contribution is -2.30. The molecule has 4 rings (SSSR count). The van der Waals surface area contributed by atoms with Gasteiger partial charge in [0.05, 0.1) is 30.1 Å². The third-order valence-electron chi connectivity index (χ3n) is 4.45. The van der Waals surface area contributed by atoms with Gasteiger partial charge in [0.25, 0.3) is 5.91 Å². The predicted octanol–water partition coefficient (Wildman–Crippen LogP) is 3.01. The number of carbonyl (C=O) groups is 1. The van der Waals surface area contributed by atoms with Crippen LogP contribution in [0.25, 0.3) is 17.8 Å². The van der Waals surface area contributed by atoms with Crippen molar-refractivity contribution in [1.82, 2.24) is 4.57 Å². The number of ether oxygens (including phenoxy) is 2. The van der Waals surface area contributed by atoms with Crippen molar-refractivity contribution in [1.29, 1.82) is 0 Å². The maximum atomic E-state index is 12.5. The number of aromatic nitrogens is 1. The van der Waals surface area contributed by atoms with E-state index >= 15 is 0 Å². The van der Waals surface area contributed by atoms with E-state index in [0.29, 0.717) is 36.9 Å². The first-order valence-electron chi connectivity index (χ1n) is 8.60. The number of methoxy groups -OCH3 is 2. The number of carbonyl (C=O) groups excluding carboxylic acids is 1. The molecule has 8 heteroatoms. The fourth-order valence-electron chi connectivity index (χ4n) is 2.95. The average molecular weight is 425 g/mol. The summed E-state index contributed by atoms with van der Waals surface area (Å²) in [7, 11) is 3.15. The summed E-state index contributed by atoms with van der Waals surface area (Å²) in [5, 5.41) is 12.1. The lowest BCUT2D eigenvalue weighted by atomic mass is 10.1. The van der Waals surface area contributed by atoms with E-state index in [4.69, 9.17) is 21.7 Å². The summed E-state index contributed by atoms with van der Waals surface area (Å²) in [5.74, 6) is 0.921. The van der Waals surface area contributed by atoms with Crippen LogP contribution in [0, 0.1) is 3.95 Å². The molecule has 0 fully saturated rings. The minimum absolute atomic E-state index is 0.0283. The molecule has 0 radical (unpaired) electrons. The smallest absolute Gasteiger partial charge is 0.277 e. The molecule has 2 heterocycles. The summed E-state index contributed by atoms with van der Waals surface area (Å²) in [4.78, 5) is 17.1. The molecule has 1 aliphatic rings. The number of rotatable bonds is 4. The quantitative estimate of drug-likeness (QED) is 0.515. The first kappa shape index (κ1) is 19.1. The molecular weight excluding hydrogens is 408 g/mol. The van der Waals surface area contributed by atoms with Gasteiger partial charge in [-0.05, 0) is 60.8 Å². The molecule has 0 bridgehead atoms. The van der Waals surface area contributed by atoms with Crippen LogP contribution in [-0.2, 0) is 4.79 Å². The molecule has 1 aliphatic heterocycles. The molecule has 0 saturated heterocycles. The highest BCUT2D eigenvalue weighted by molar-refractivity contribution is 7.73. The van der Waals surface area contributed by atoms with Gasteiger partial charge in [-0.25, -0.2) is 4.99 Å². The Labute approximate surface area is 175 Å². The molecule has 1 amide bonds. The van der Waals surface area contributed by atoms with Crippen molar-refractivity contribution in [2.24, 2.45) is 4.99 Å². The van der Waals surface area contributed by atoms with Crippen LogP contribution in [0.2, 0.25) is 0 Å². The average Bonchev–Trinajstić information content (AvgIpc) is 3.01. The molecule has 1 aromatic heterocycles. The van der Waals surface area contributed by atoms with Gasteiger partial charge < -0.3 is 14.6 Å². The summed E-state index contributed by atoms with van der Waals surface area (Å²) in [6.07, 6.45) is 3.35. The number of nitrogens with zero attached hydrogens (tertiary/aromatic N) is 2. The normalized spacial score (nSPS) is 14.1. The summed E-state index contributed by atoms with van der Waals surface area (Å²) in [5.41, 5.74) is 1.08. The number of amides is 1. The maximum Gasteiger partial charge on any atom is 0.277 e. The molecule has 2 aromatic carbocycles. The van der Waals surface area contributed by atoms with E-state index in [2.05, 4.69) is 4.99 Å². The zero-order valence-electron chi connectivity index (χ0n) is 15.6. The van der Waals surface area contributed by atoms with Gasteiger partial charge in [-0.3, -0.25) is 9.36 Å². The minimum atomic E-state index is -0.388. The van der Waals surface area contributed by atoms with Crippen LogP contribution in [0.3, 0.4) is 0 Å². The summed E-state index contributed by atoms with van der Waals surface area (Å²) in [6.45, 7) is 0. The summed E-state index contributed by atoms with van der Waals surface area (Å²) in [6, 6.07) is 12.5. The van der Waals surface area contributed by atoms with E-state index in [1.165, 1.54) is 11.3 Å². The number of aromatic hydroxyl groups is 1. The number of hydrogen-bond donors (Lipinski definition) is 1. The molecule has 0 spiro atoms. The van der Waals surface area contributed by atoms with Crippen LogP contribution >= 0.6 is 23.6 Å². The number of hydrogen-bond acceptors (Lipinski definition) is 6. The summed E-state index contributed by atoms with van der Waals surface area (Å²) >= 11 is 6.64. The first-order chi connectivity index (χ1) is 14.0. The van der Waals surface area contributed by atoms with E-state index < -0.39 is 0 Å². The Morgan fingerprint density at radius 3 is 2.48 bits per heavy atom. The van der Waals surface area contributed by atoms with Gasteiger partial charge in [0.2, 0.25) is 5.88 Å². The van der Waals surface area contributed by atoms with Crippen LogP contribution in [0.1, 0.15) is 4.88 Å². The largest absolute Gasteiger partial charge is 0.497 e. The highest BCUT2D eigenvalue weighted by Crippen LogP contribution is 2.32. The van der Waals surface area contributed by atoms with Crippen molar-refractivity contribution in [3.05, 3.63) is 67.4 Å². The van der Waals surface area contributed by atoms with Gasteiger partial charge in [0, 0.05) is 16.9 Å². The minimum Gasteiger partial charge on any atom is -0.497 e. The van der Waals surface area contributed by atoms with Gasteiger partial charge in [-0.15, -0.1) is 11.3 Å². The highest BCUT2D eigenvalue weighted by atomic mass is 32.1. The molecule has 0 aliphatic carbocycles. The standard InChI is InChI=1S/C21H16N2O4S2/c1-26-15-7-4-14(5-8-15)23-20(25)18(29-21(23)28)10-13-9-12-3-6-16(27-2)11-17(12)22-19(13)24/h3-11,25H,1-2H3/b13-10-. The number of thiazole rings is 1. The second-order valence-corrected chi connectivity index (χ2v) is 7.85. The monoisotopic (exact) mass is 424 g/mol. The fraction of sp³-hybridized carbons (Fsp3) is 0.0952. The highest BCUT2D eigenvalue weighted by Gasteiger charge is 2.16. The Bertz CT molecular complexity index is 1320. The molecule has 6 nitrogen and oxygen atoms in total. The van der Waals surface area contributed by atoms with Crippen LogP contribution in [0.5, 0.6) is 17.4 Å². The van der Waals surface area contributed by atoms with Gasteiger partial charge in [0.1, 0.15) is 11.5 Å². The van der Waals surface area contributed by atoms with E-state index in [0.717, 1.165) is 5.22 Å². The van der Waals surface area contributed by atoms with Gasteiger partial charge in [0.15, 0.2) is 3.95 Å². The van der Waals surface area contributed by atoms with Crippen molar-refractivity contribution >= 4 is 41.6 Å². The summed E-state index contributed by atoms with van der Waals surface area (Å²) < 4.78 is 12.3. The molecule has 146 valence electrons. The van der Waals surface area contributed by atoms with Gasteiger partial charge >= 0.3 is 0 Å². The molecule has 0 atom stereocenters.